The van der Waals surface area contributed by atoms with Gasteiger partial charge in [-0.25, -0.2) is 0 Å². The Morgan fingerprint density at radius 3 is 2.63 bits per heavy atom. The van der Waals surface area contributed by atoms with Crippen molar-refractivity contribution in [1.29, 1.82) is 0 Å². The van der Waals surface area contributed by atoms with Gasteiger partial charge in [0.1, 0.15) is 5.75 Å². The van der Waals surface area contributed by atoms with Crippen LogP contribution in [0.1, 0.15) is 32.4 Å². The zero-order valence-electron chi connectivity index (χ0n) is 11.6. The summed E-state index contributed by atoms with van der Waals surface area (Å²) in [6.07, 6.45) is -1.12. The highest BCUT2D eigenvalue weighted by atomic mass is 35.5. The van der Waals surface area contributed by atoms with Gasteiger partial charge in [-0.15, -0.1) is 0 Å². The lowest BCUT2D eigenvalue weighted by atomic mass is 9.82. The minimum Gasteiger partial charge on any atom is -0.496 e. The zero-order chi connectivity index (χ0) is 14.6. The van der Waals surface area contributed by atoms with Crippen molar-refractivity contribution in [3.8, 4) is 5.75 Å². The minimum atomic E-state index is -1.12. The molecule has 1 atom stereocenters. The Bertz CT molecular complexity index is 457. The van der Waals surface area contributed by atoms with Gasteiger partial charge in [-0.1, -0.05) is 17.7 Å². The second-order valence-corrected chi connectivity index (χ2v) is 5.11. The van der Waals surface area contributed by atoms with Crippen LogP contribution in [0.3, 0.4) is 0 Å². The molecule has 0 aromatic heterocycles. The normalized spacial score (nSPS) is 12.9. The highest BCUT2D eigenvalue weighted by molar-refractivity contribution is 6.31. The van der Waals surface area contributed by atoms with E-state index in [1.54, 1.807) is 39.0 Å². The number of rotatable bonds is 5. The van der Waals surface area contributed by atoms with Crippen molar-refractivity contribution in [2.24, 2.45) is 5.41 Å². The molecule has 0 heterocycles. The Labute approximate surface area is 118 Å². The molecule has 1 unspecified atom stereocenters. The lowest BCUT2D eigenvalue weighted by molar-refractivity contribution is -0.160. The van der Waals surface area contributed by atoms with E-state index in [9.17, 15) is 9.90 Å². The number of carbonyl (C=O) groups excluding carboxylic acids is 1. The Kier molecular flexibility index (Phi) is 5.20. The fourth-order valence-electron chi connectivity index (χ4n) is 1.75. The van der Waals surface area contributed by atoms with Crippen molar-refractivity contribution < 1.29 is 19.4 Å². The molecule has 0 aliphatic carbocycles. The molecule has 1 rings (SSSR count). The van der Waals surface area contributed by atoms with Crippen molar-refractivity contribution in [1.82, 2.24) is 0 Å². The highest BCUT2D eigenvalue weighted by Crippen LogP contribution is 2.42. The number of aliphatic hydroxyl groups is 1. The lowest BCUT2D eigenvalue weighted by Gasteiger charge is -2.29. The summed E-state index contributed by atoms with van der Waals surface area (Å²) in [6, 6.07) is 5.05. The van der Waals surface area contributed by atoms with Gasteiger partial charge < -0.3 is 14.6 Å². The summed E-state index contributed by atoms with van der Waals surface area (Å²) in [5, 5.41) is 10.8. The molecule has 4 nitrogen and oxygen atoms in total. The molecule has 5 heteroatoms. The molecule has 0 bridgehead atoms. The molecule has 0 spiro atoms. The molecule has 0 aliphatic rings. The summed E-state index contributed by atoms with van der Waals surface area (Å²) in [5.41, 5.74) is -0.724. The molecule has 0 amide bonds. The highest BCUT2D eigenvalue weighted by Gasteiger charge is 2.40. The quantitative estimate of drug-likeness (QED) is 0.846. The number of esters is 1. The molecule has 1 aromatic carbocycles. The van der Waals surface area contributed by atoms with Crippen LogP contribution in [-0.4, -0.2) is 24.8 Å². The minimum absolute atomic E-state index is 0.259. The first-order valence-corrected chi connectivity index (χ1v) is 6.41. The number of aliphatic hydroxyl groups excluding tert-OH is 1. The molecule has 0 fully saturated rings. The Hall–Kier alpha value is -1.26. The van der Waals surface area contributed by atoms with Crippen LogP contribution >= 0.6 is 11.6 Å². The summed E-state index contributed by atoms with van der Waals surface area (Å²) < 4.78 is 10.2. The van der Waals surface area contributed by atoms with E-state index in [-0.39, 0.29) is 6.61 Å². The number of benzene rings is 1. The maximum atomic E-state index is 11.9. The van der Waals surface area contributed by atoms with E-state index >= 15 is 0 Å². The first kappa shape index (κ1) is 15.8. The van der Waals surface area contributed by atoms with E-state index in [0.717, 1.165) is 0 Å². The molecule has 0 saturated heterocycles. The molecule has 19 heavy (non-hydrogen) atoms. The van der Waals surface area contributed by atoms with Gasteiger partial charge in [-0.2, -0.15) is 0 Å². The molecular formula is C14H19ClO4. The monoisotopic (exact) mass is 286 g/mol. The topological polar surface area (TPSA) is 55.8 Å². The predicted octanol–water partition coefficient (Wildman–Crippen LogP) is 2.97. The van der Waals surface area contributed by atoms with Crippen LogP contribution in [0, 0.1) is 5.41 Å². The van der Waals surface area contributed by atoms with Crippen LogP contribution in [0.15, 0.2) is 18.2 Å². The van der Waals surface area contributed by atoms with Crippen LogP contribution in [0.25, 0.3) is 0 Å². The van der Waals surface area contributed by atoms with Crippen molar-refractivity contribution in [3.05, 3.63) is 28.8 Å². The van der Waals surface area contributed by atoms with Gasteiger partial charge in [0.25, 0.3) is 0 Å². The number of carbonyl (C=O) groups is 1. The van der Waals surface area contributed by atoms with Gasteiger partial charge in [0.15, 0.2) is 0 Å². The van der Waals surface area contributed by atoms with E-state index in [1.807, 2.05) is 0 Å². The van der Waals surface area contributed by atoms with Crippen LogP contribution < -0.4 is 4.74 Å². The first-order chi connectivity index (χ1) is 8.86. The zero-order valence-corrected chi connectivity index (χ0v) is 12.3. The summed E-state index contributed by atoms with van der Waals surface area (Å²) in [4.78, 5) is 11.9. The van der Waals surface area contributed by atoms with Crippen molar-refractivity contribution in [2.45, 2.75) is 26.9 Å². The SMILES string of the molecule is CCOC(=O)C(C)(C)C(O)c1c(Cl)cccc1OC. The van der Waals surface area contributed by atoms with Gasteiger partial charge in [0.05, 0.1) is 30.3 Å². The van der Waals surface area contributed by atoms with Gasteiger partial charge in [-0.05, 0) is 32.9 Å². The molecule has 1 N–H and O–H groups in total. The van der Waals surface area contributed by atoms with Crippen LogP contribution in [0.5, 0.6) is 5.75 Å². The fraction of sp³-hybridized carbons (Fsp3) is 0.500. The molecule has 0 saturated carbocycles. The third kappa shape index (κ3) is 3.19. The van der Waals surface area contributed by atoms with Crippen molar-refractivity contribution in [3.63, 3.8) is 0 Å². The van der Waals surface area contributed by atoms with E-state index in [0.29, 0.717) is 16.3 Å². The number of ether oxygens (including phenoxy) is 2. The molecule has 0 radical (unpaired) electrons. The van der Waals surface area contributed by atoms with E-state index in [2.05, 4.69) is 0 Å². The average molecular weight is 287 g/mol. The summed E-state index contributed by atoms with van der Waals surface area (Å²) in [7, 11) is 1.49. The number of methoxy groups -OCH3 is 1. The molecule has 1 aromatic rings. The molecule has 0 aliphatic heterocycles. The van der Waals surface area contributed by atoms with Crippen LogP contribution in [-0.2, 0) is 9.53 Å². The van der Waals surface area contributed by atoms with Crippen molar-refractivity contribution in [2.75, 3.05) is 13.7 Å². The van der Waals surface area contributed by atoms with Crippen molar-refractivity contribution >= 4 is 17.6 Å². The second-order valence-electron chi connectivity index (χ2n) is 4.70. The average Bonchev–Trinajstić information content (AvgIpc) is 2.37. The van der Waals surface area contributed by atoms with Gasteiger partial charge in [-0.3, -0.25) is 4.79 Å². The number of halogens is 1. The third-order valence-corrected chi connectivity index (χ3v) is 3.32. The van der Waals surface area contributed by atoms with E-state index in [4.69, 9.17) is 21.1 Å². The third-order valence-electron chi connectivity index (χ3n) is 2.99. The Balaban J connectivity index is 3.19. The fourth-order valence-corrected chi connectivity index (χ4v) is 2.02. The van der Waals surface area contributed by atoms with Crippen LogP contribution in [0.2, 0.25) is 5.02 Å². The van der Waals surface area contributed by atoms with E-state index < -0.39 is 17.5 Å². The first-order valence-electron chi connectivity index (χ1n) is 6.03. The number of hydrogen-bond acceptors (Lipinski definition) is 4. The smallest absolute Gasteiger partial charge is 0.314 e. The summed E-state index contributed by atoms with van der Waals surface area (Å²) in [6.45, 7) is 5.20. The Morgan fingerprint density at radius 2 is 2.11 bits per heavy atom. The van der Waals surface area contributed by atoms with E-state index in [1.165, 1.54) is 7.11 Å². The standard InChI is InChI=1S/C14H19ClO4/c1-5-19-13(17)14(2,3)12(16)11-9(15)7-6-8-10(11)18-4/h6-8,12,16H,5H2,1-4H3. The van der Waals surface area contributed by atoms with Gasteiger partial charge in [0.2, 0.25) is 0 Å². The van der Waals surface area contributed by atoms with Gasteiger partial charge in [0, 0.05) is 5.56 Å². The Morgan fingerprint density at radius 1 is 1.47 bits per heavy atom. The lowest BCUT2D eigenvalue weighted by Crippen LogP contribution is -2.33. The van der Waals surface area contributed by atoms with Crippen LogP contribution in [0.4, 0.5) is 0 Å². The second kappa shape index (κ2) is 6.26. The number of hydrogen-bond donors (Lipinski definition) is 1. The maximum absolute atomic E-state index is 11.9. The largest absolute Gasteiger partial charge is 0.496 e. The van der Waals surface area contributed by atoms with Gasteiger partial charge >= 0.3 is 5.97 Å². The predicted molar refractivity (Wildman–Crippen MR) is 73.4 cm³/mol. The molecule has 106 valence electrons. The summed E-state index contributed by atoms with van der Waals surface area (Å²) >= 11 is 6.10. The molecular weight excluding hydrogens is 268 g/mol. The maximum Gasteiger partial charge on any atom is 0.314 e. The summed E-state index contributed by atoms with van der Waals surface area (Å²) in [5.74, 6) is -0.0400.